The zero-order chi connectivity index (χ0) is 28.3. The van der Waals surface area contributed by atoms with Crippen LogP contribution in [-0.4, -0.2) is 48.4 Å². The number of amides is 1. The van der Waals surface area contributed by atoms with Crippen LogP contribution in [0.25, 0.3) is 0 Å². The minimum atomic E-state index is -0.0410. The van der Waals surface area contributed by atoms with Gasteiger partial charge in [-0.05, 0) is 118 Å². The maximum absolute atomic E-state index is 12.8. The minimum absolute atomic E-state index is 0.0106. The molecule has 4 fully saturated rings. The summed E-state index contributed by atoms with van der Waals surface area (Å²) >= 11 is 11.9. The fourth-order valence-electron chi connectivity index (χ4n) is 9.13. The number of nitrogens with one attached hydrogen (secondary N) is 1. The van der Waals surface area contributed by atoms with E-state index in [9.17, 15) is 9.59 Å². The van der Waals surface area contributed by atoms with Crippen LogP contribution in [0.4, 0.5) is 5.69 Å². The van der Waals surface area contributed by atoms with Crippen LogP contribution in [0.5, 0.6) is 0 Å². The molecule has 1 aliphatic heterocycles. The highest BCUT2D eigenvalue weighted by molar-refractivity contribution is 6.18. The Labute approximate surface area is 251 Å². The number of carbonyl (C=O) groups is 2. The van der Waals surface area contributed by atoms with Crippen LogP contribution < -0.4 is 10.2 Å². The first kappa shape index (κ1) is 30.0. The average Bonchev–Trinajstić information content (AvgIpc) is 2.93. The molecule has 7 atom stereocenters. The third-order valence-corrected chi connectivity index (χ3v) is 11.6. The van der Waals surface area contributed by atoms with E-state index in [1.54, 1.807) is 0 Å². The van der Waals surface area contributed by atoms with Gasteiger partial charge in [0.05, 0.1) is 0 Å². The summed E-state index contributed by atoms with van der Waals surface area (Å²) in [7, 11) is 0. The van der Waals surface area contributed by atoms with Crippen LogP contribution in [0.3, 0.4) is 0 Å². The van der Waals surface area contributed by atoms with Gasteiger partial charge in [0.2, 0.25) is 5.91 Å². The number of benzene rings is 1. The Hall–Kier alpha value is -1.46. The number of nitrogens with zero attached hydrogens (tertiary/aromatic N) is 1. The third-order valence-electron chi connectivity index (χ3n) is 11.3. The van der Waals surface area contributed by atoms with Crippen molar-refractivity contribution in [1.82, 2.24) is 5.32 Å². The summed E-state index contributed by atoms with van der Waals surface area (Å²) in [5.74, 6) is 4.05. The molecular weight excluding hydrogens is 543 g/mol. The molecule has 5 nitrogen and oxygen atoms in total. The number of aryl methyl sites for hydroxylation is 1. The Morgan fingerprint density at radius 1 is 1.00 bits per heavy atom. The van der Waals surface area contributed by atoms with Gasteiger partial charge in [0.15, 0.2) is 0 Å². The summed E-state index contributed by atoms with van der Waals surface area (Å²) < 4.78 is 6.06. The number of hydrogen-bond acceptors (Lipinski definition) is 4. The van der Waals surface area contributed by atoms with Crippen LogP contribution in [-0.2, 0) is 20.7 Å². The first-order valence-electron chi connectivity index (χ1n) is 15.7. The van der Waals surface area contributed by atoms with E-state index >= 15 is 0 Å². The predicted molar refractivity (Wildman–Crippen MR) is 163 cm³/mol. The van der Waals surface area contributed by atoms with E-state index in [-0.39, 0.29) is 23.5 Å². The van der Waals surface area contributed by atoms with Crippen LogP contribution >= 0.6 is 23.2 Å². The zero-order valence-corrected chi connectivity index (χ0v) is 25.9. The summed E-state index contributed by atoms with van der Waals surface area (Å²) in [6.07, 6.45) is 11.9. The second-order valence-corrected chi connectivity index (χ2v) is 14.2. The average molecular weight is 592 g/mol. The van der Waals surface area contributed by atoms with Crippen LogP contribution in [0.15, 0.2) is 24.3 Å². The molecule has 0 bridgehead atoms. The number of esters is 1. The normalized spacial score (nSPS) is 35.1. The molecule has 222 valence electrons. The molecule has 0 radical (unpaired) electrons. The smallest absolute Gasteiger partial charge is 0.306 e. The first-order chi connectivity index (χ1) is 19.3. The molecule has 0 spiro atoms. The van der Waals surface area contributed by atoms with Gasteiger partial charge >= 0.3 is 5.97 Å². The number of anilines is 1. The lowest BCUT2D eigenvalue weighted by molar-refractivity contribution is -0.163. The third kappa shape index (κ3) is 6.31. The lowest BCUT2D eigenvalue weighted by Crippen LogP contribution is -2.63. The molecular formula is C33H48Cl2N2O3. The van der Waals surface area contributed by atoms with E-state index < -0.39 is 0 Å². The van der Waals surface area contributed by atoms with Crippen molar-refractivity contribution in [2.45, 2.75) is 103 Å². The van der Waals surface area contributed by atoms with Crippen molar-refractivity contribution >= 4 is 40.8 Å². The Morgan fingerprint density at radius 2 is 1.75 bits per heavy atom. The van der Waals surface area contributed by atoms with E-state index in [2.05, 4.69) is 48.3 Å². The highest BCUT2D eigenvalue weighted by Gasteiger charge is 2.58. The van der Waals surface area contributed by atoms with Crippen LogP contribution in [0.1, 0.15) is 90.0 Å². The molecule has 7 heteroatoms. The van der Waals surface area contributed by atoms with Gasteiger partial charge in [-0.15, -0.1) is 23.2 Å². The molecule has 1 amide bonds. The van der Waals surface area contributed by atoms with Gasteiger partial charge < -0.3 is 15.0 Å². The Kier molecular flexibility index (Phi) is 9.62. The largest absolute Gasteiger partial charge is 0.462 e. The highest BCUT2D eigenvalue weighted by Crippen LogP contribution is 2.62. The number of hydrogen-bond donors (Lipinski definition) is 1. The Morgan fingerprint density at radius 3 is 2.48 bits per heavy atom. The number of ether oxygens (including phenoxy) is 1. The van der Waals surface area contributed by atoms with Crippen molar-refractivity contribution in [3.05, 3.63) is 29.8 Å². The molecule has 3 aliphatic carbocycles. The van der Waals surface area contributed by atoms with Crippen molar-refractivity contribution in [3.8, 4) is 0 Å². The fourth-order valence-corrected chi connectivity index (χ4v) is 9.54. The van der Waals surface area contributed by atoms with Gasteiger partial charge in [0.25, 0.3) is 0 Å². The second-order valence-electron chi connectivity index (χ2n) is 13.5. The van der Waals surface area contributed by atoms with Crippen molar-refractivity contribution in [2.75, 3.05) is 29.7 Å². The first-order valence-corrected chi connectivity index (χ1v) is 16.8. The van der Waals surface area contributed by atoms with Gasteiger partial charge in [0.1, 0.15) is 6.10 Å². The molecule has 1 saturated heterocycles. The molecule has 1 N–H and O–H groups in total. The van der Waals surface area contributed by atoms with E-state index in [0.29, 0.717) is 41.9 Å². The predicted octanol–water partition coefficient (Wildman–Crippen LogP) is 7.12. The summed E-state index contributed by atoms with van der Waals surface area (Å²) in [5.41, 5.74) is 2.70. The fraction of sp³-hybridized carbons (Fsp3) is 0.758. The second kappa shape index (κ2) is 12.8. The summed E-state index contributed by atoms with van der Waals surface area (Å²) in [6.45, 7) is 6.39. The zero-order valence-electron chi connectivity index (χ0n) is 24.4. The number of carbonyl (C=O) groups excluding carboxylic acids is 2. The van der Waals surface area contributed by atoms with Crippen molar-refractivity contribution in [3.63, 3.8) is 0 Å². The molecule has 3 unspecified atom stereocenters. The molecule has 1 heterocycles. The maximum Gasteiger partial charge on any atom is 0.306 e. The maximum atomic E-state index is 12.8. The Bertz CT molecular complexity index is 1030. The number of alkyl halides is 2. The van der Waals surface area contributed by atoms with Crippen molar-refractivity contribution in [1.29, 1.82) is 0 Å². The SMILES string of the molecule is C[C@]12CCC3C(CC[C@@H]4C[C@@H](OC(=O)CCCc5ccc(N(CCCl)CCCl)cc5)CC[C@]34C)C1CCC(=O)N2. The highest BCUT2D eigenvalue weighted by atomic mass is 35.5. The van der Waals surface area contributed by atoms with Gasteiger partial charge in [-0.3, -0.25) is 9.59 Å². The number of rotatable bonds is 10. The molecule has 1 aromatic carbocycles. The van der Waals surface area contributed by atoms with E-state index in [4.69, 9.17) is 27.9 Å². The Balaban J connectivity index is 1.08. The van der Waals surface area contributed by atoms with Gasteiger partial charge in [-0.1, -0.05) is 19.1 Å². The summed E-state index contributed by atoms with van der Waals surface area (Å²) in [6, 6.07) is 8.53. The molecule has 40 heavy (non-hydrogen) atoms. The summed E-state index contributed by atoms with van der Waals surface area (Å²) in [5, 5.41) is 3.38. The van der Waals surface area contributed by atoms with Crippen LogP contribution in [0, 0.1) is 29.1 Å². The van der Waals surface area contributed by atoms with Gasteiger partial charge in [-0.2, -0.15) is 0 Å². The lowest BCUT2D eigenvalue weighted by atomic mass is 9.45. The van der Waals surface area contributed by atoms with E-state index in [0.717, 1.165) is 75.6 Å². The summed E-state index contributed by atoms with van der Waals surface area (Å²) in [4.78, 5) is 27.1. The lowest BCUT2D eigenvalue weighted by Gasteiger charge is -2.62. The molecule has 3 saturated carbocycles. The monoisotopic (exact) mass is 590 g/mol. The topological polar surface area (TPSA) is 58.6 Å². The standard InChI is InChI=1S/C33H48Cl2N2O3/c1-32-16-14-26(22-24(32)8-11-27-28(32)15-17-33(2)29(27)12-13-30(38)36-33)40-31(39)5-3-4-23-6-9-25(10-7-23)37(20-18-34)21-19-35/h6-7,9-10,24,26-29H,3-5,8,11-22H2,1-2H3,(H,36,38)/t24-,26+,27?,28?,29?,32+,33+/m1/s1. The molecule has 0 aromatic heterocycles. The van der Waals surface area contributed by atoms with Gasteiger partial charge in [-0.25, -0.2) is 0 Å². The number of halogens is 2. The minimum Gasteiger partial charge on any atom is -0.462 e. The van der Waals surface area contributed by atoms with Crippen LogP contribution in [0.2, 0.25) is 0 Å². The van der Waals surface area contributed by atoms with Crippen molar-refractivity contribution < 1.29 is 14.3 Å². The van der Waals surface area contributed by atoms with E-state index in [1.807, 2.05) is 0 Å². The van der Waals surface area contributed by atoms with Crippen molar-refractivity contribution in [2.24, 2.45) is 29.1 Å². The molecule has 1 aromatic rings. The van der Waals surface area contributed by atoms with E-state index in [1.165, 1.54) is 24.8 Å². The number of fused-ring (bicyclic) bond motifs is 5. The van der Waals surface area contributed by atoms with Gasteiger partial charge in [0, 0.05) is 48.9 Å². The number of piperidine rings is 1. The molecule has 5 rings (SSSR count). The quantitative estimate of drug-likeness (QED) is 0.233. The molecule has 4 aliphatic rings.